The van der Waals surface area contributed by atoms with Crippen molar-refractivity contribution in [2.24, 2.45) is 0 Å². The smallest absolute Gasteiger partial charge is 0.269 e. The van der Waals surface area contributed by atoms with Gasteiger partial charge in [0.15, 0.2) is 11.5 Å². The fraction of sp³-hybridized carbons (Fsp3) is 0.211. The molecular formula is C19H17N3O4. The van der Waals surface area contributed by atoms with E-state index in [1.807, 2.05) is 36.4 Å². The van der Waals surface area contributed by atoms with Crippen LogP contribution in [0.5, 0.6) is 11.5 Å². The van der Waals surface area contributed by atoms with Crippen molar-refractivity contribution < 1.29 is 18.8 Å². The lowest BCUT2D eigenvalue weighted by molar-refractivity contribution is -0.128. The maximum atomic E-state index is 12.8. The number of benzene rings is 2. The van der Waals surface area contributed by atoms with Crippen molar-refractivity contribution in [2.45, 2.75) is 26.1 Å². The van der Waals surface area contributed by atoms with E-state index in [0.29, 0.717) is 34.5 Å². The number of fused-ring (bicyclic) bond motifs is 1. The molecule has 4 rings (SSSR count). The molecule has 0 saturated heterocycles. The molecule has 26 heavy (non-hydrogen) atoms. The molecule has 2 heterocycles. The molecule has 2 atom stereocenters. The van der Waals surface area contributed by atoms with Crippen molar-refractivity contribution in [1.82, 2.24) is 10.1 Å². The second-order valence-electron chi connectivity index (χ2n) is 5.98. The summed E-state index contributed by atoms with van der Waals surface area (Å²) in [7, 11) is 0. The summed E-state index contributed by atoms with van der Waals surface area (Å²) in [6.07, 6.45) is -1.20. The molecule has 132 valence electrons. The monoisotopic (exact) mass is 351 g/mol. The van der Waals surface area contributed by atoms with Gasteiger partial charge < -0.3 is 19.3 Å². The molecule has 0 saturated carbocycles. The zero-order valence-corrected chi connectivity index (χ0v) is 14.3. The molecule has 0 fully saturated rings. The summed E-state index contributed by atoms with van der Waals surface area (Å²) in [4.78, 5) is 17.0. The highest BCUT2D eigenvalue weighted by atomic mass is 16.6. The second-order valence-corrected chi connectivity index (χ2v) is 5.98. The molecule has 2 aromatic carbocycles. The number of carbonyl (C=O) groups excluding carboxylic acids is 1. The van der Waals surface area contributed by atoms with Crippen LogP contribution in [-0.2, 0) is 4.79 Å². The molecule has 0 spiro atoms. The van der Waals surface area contributed by atoms with E-state index in [9.17, 15) is 4.79 Å². The van der Waals surface area contributed by atoms with Crippen LogP contribution in [0, 0.1) is 6.92 Å². The van der Waals surface area contributed by atoms with Crippen LogP contribution in [0.15, 0.2) is 53.1 Å². The van der Waals surface area contributed by atoms with Gasteiger partial charge in [-0.3, -0.25) is 4.79 Å². The fourth-order valence-electron chi connectivity index (χ4n) is 2.81. The van der Waals surface area contributed by atoms with Gasteiger partial charge in [0.05, 0.1) is 5.69 Å². The molecule has 1 aliphatic heterocycles. The number of carbonyl (C=O) groups is 1. The quantitative estimate of drug-likeness (QED) is 0.780. The third-order valence-electron chi connectivity index (χ3n) is 4.05. The molecule has 1 aliphatic rings. The van der Waals surface area contributed by atoms with E-state index in [-0.39, 0.29) is 5.91 Å². The molecule has 7 nitrogen and oxygen atoms in total. The summed E-state index contributed by atoms with van der Waals surface area (Å²) < 4.78 is 16.7. The van der Waals surface area contributed by atoms with Gasteiger partial charge in [-0.1, -0.05) is 29.4 Å². The first-order valence-corrected chi connectivity index (χ1v) is 8.25. The fourth-order valence-corrected chi connectivity index (χ4v) is 2.81. The van der Waals surface area contributed by atoms with Gasteiger partial charge in [-0.25, -0.2) is 0 Å². The zero-order chi connectivity index (χ0) is 18.1. The number of amides is 1. The zero-order valence-electron chi connectivity index (χ0n) is 14.3. The van der Waals surface area contributed by atoms with Gasteiger partial charge in [0.1, 0.15) is 6.10 Å². The predicted octanol–water partition coefficient (Wildman–Crippen LogP) is 3.21. The number of ether oxygens (including phenoxy) is 2. The Bertz CT molecular complexity index is 953. The van der Waals surface area contributed by atoms with Crippen molar-refractivity contribution in [3.63, 3.8) is 0 Å². The van der Waals surface area contributed by atoms with E-state index in [2.05, 4.69) is 15.5 Å². The number of aromatic nitrogens is 2. The molecule has 3 aromatic rings. The average Bonchev–Trinajstić information content (AvgIpc) is 3.07. The van der Waals surface area contributed by atoms with E-state index in [4.69, 9.17) is 14.0 Å². The van der Waals surface area contributed by atoms with Crippen molar-refractivity contribution >= 4 is 11.6 Å². The molecule has 1 amide bonds. The van der Waals surface area contributed by atoms with Crippen LogP contribution < -0.4 is 14.8 Å². The SMILES string of the molecule is Cc1nc(-c2ccccc2NC(=O)C2Oc3ccccc3OC2C)no1. The lowest BCUT2D eigenvalue weighted by atomic mass is 10.1. The maximum Gasteiger partial charge on any atom is 0.269 e. The van der Waals surface area contributed by atoms with E-state index in [1.54, 1.807) is 26.0 Å². The Morgan fingerprint density at radius 2 is 1.73 bits per heavy atom. The Balaban J connectivity index is 1.58. The van der Waals surface area contributed by atoms with Crippen molar-refractivity contribution in [3.05, 3.63) is 54.4 Å². The van der Waals surface area contributed by atoms with Crippen molar-refractivity contribution in [1.29, 1.82) is 0 Å². The minimum absolute atomic E-state index is 0.306. The van der Waals surface area contributed by atoms with Crippen LogP contribution in [-0.4, -0.2) is 28.3 Å². The number of para-hydroxylation sites is 3. The highest BCUT2D eigenvalue weighted by Crippen LogP contribution is 2.34. The number of hydrogen-bond acceptors (Lipinski definition) is 6. The summed E-state index contributed by atoms with van der Waals surface area (Å²) in [6.45, 7) is 3.51. The largest absolute Gasteiger partial charge is 0.482 e. The first-order chi connectivity index (χ1) is 12.6. The first kappa shape index (κ1) is 16.1. The van der Waals surface area contributed by atoms with Gasteiger partial charge in [0.25, 0.3) is 5.91 Å². The van der Waals surface area contributed by atoms with Crippen LogP contribution >= 0.6 is 0 Å². The molecule has 1 N–H and O–H groups in total. The molecular weight excluding hydrogens is 334 g/mol. The number of rotatable bonds is 3. The third-order valence-corrected chi connectivity index (χ3v) is 4.05. The minimum atomic E-state index is -0.773. The van der Waals surface area contributed by atoms with Crippen LogP contribution in [0.4, 0.5) is 5.69 Å². The molecule has 7 heteroatoms. The minimum Gasteiger partial charge on any atom is -0.482 e. The number of nitrogens with one attached hydrogen (secondary N) is 1. The Morgan fingerprint density at radius 3 is 2.46 bits per heavy atom. The van der Waals surface area contributed by atoms with Gasteiger partial charge in [0, 0.05) is 12.5 Å². The average molecular weight is 351 g/mol. The van der Waals surface area contributed by atoms with E-state index >= 15 is 0 Å². The summed E-state index contributed by atoms with van der Waals surface area (Å²) in [5.41, 5.74) is 1.25. The summed E-state index contributed by atoms with van der Waals surface area (Å²) >= 11 is 0. The number of nitrogens with zero attached hydrogens (tertiary/aromatic N) is 2. The second kappa shape index (κ2) is 6.51. The lowest BCUT2D eigenvalue weighted by Gasteiger charge is -2.31. The van der Waals surface area contributed by atoms with Gasteiger partial charge in [-0.05, 0) is 31.2 Å². The summed E-state index contributed by atoms with van der Waals surface area (Å²) in [5, 5.41) is 6.80. The third kappa shape index (κ3) is 2.99. The first-order valence-electron chi connectivity index (χ1n) is 8.25. The normalized spacial score (nSPS) is 18.4. The summed E-state index contributed by atoms with van der Waals surface area (Å²) in [6, 6.07) is 14.5. The van der Waals surface area contributed by atoms with Crippen LogP contribution in [0.2, 0.25) is 0 Å². The lowest BCUT2D eigenvalue weighted by Crippen LogP contribution is -2.46. The topological polar surface area (TPSA) is 86.5 Å². The van der Waals surface area contributed by atoms with Gasteiger partial charge in [0.2, 0.25) is 17.8 Å². The molecule has 2 unspecified atom stereocenters. The maximum absolute atomic E-state index is 12.8. The molecule has 0 radical (unpaired) electrons. The van der Waals surface area contributed by atoms with E-state index < -0.39 is 12.2 Å². The summed E-state index contributed by atoms with van der Waals surface area (Å²) in [5.74, 6) is 1.74. The van der Waals surface area contributed by atoms with Crippen molar-refractivity contribution in [3.8, 4) is 22.9 Å². The van der Waals surface area contributed by atoms with E-state index in [0.717, 1.165) is 0 Å². The number of aryl methyl sites for hydroxylation is 1. The van der Waals surface area contributed by atoms with E-state index in [1.165, 1.54) is 0 Å². The molecule has 1 aromatic heterocycles. The predicted molar refractivity (Wildman–Crippen MR) is 94.0 cm³/mol. The number of anilines is 1. The Kier molecular flexibility index (Phi) is 4.04. The van der Waals surface area contributed by atoms with Gasteiger partial charge in [-0.2, -0.15) is 4.98 Å². The van der Waals surface area contributed by atoms with Crippen molar-refractivity contribution in [2.75, 3.05) is 5.32 Å². The Hall–Kier alpha value is -3.35. The standard InChI is InChI=1S/C19H17N3O4/c1-11-17(25-16-10-6-5-9-15(16)24-11)19(23)21-14-8-4-3-7-13(14)18-20-12(2)26-22-18/h3-11,17H,1-2H3,(H,21,23). The Morgan fingerprint density at radius 1 is 1.04 bits per heavy atom. The highest BCUT2D eigenvalue weighted by molar-refractivity contribution is 5.98. The van der Waals surface area contributed by atoms with Gasteiger partial charge in [-0.15, -0.1) is 0 Å². The van der Waals surface area contributed by atoms with Crippen LogP contribution in [0.3, 0.4) is 0 Å². The number of hydrogen-bond donors (Lipinski definition) is 1. The highest BCUT2D eigenvalue weighted by Gasteiger charge is 2.34. The Labute approximate surface area is 149 Å². The van der Waals surface area contributed by atoms with Crippen LogP contribution in [0.25, 0.3) is 11.4 Å². The molecule has 0 aliphatic carbocycles. The van der Waals surface area contributed by atoms with Crippen LogP contribution in [0.1, 0.15) is 12.8 Å². The molecule has 0 bridgehead atoms. The van der Waals surface area contributed by atoms with Gasteiger partial charge >= 0.3 is 0 Å².